The molecule has 0 saturated heterocycles. The SMILES string of the molecule is Cc1ccc(S(=O)(=O)Nc2ccccc2C#C[Si](C)(C)C)cc1. The van der Waals surface area contributed by atoms with E-state index in [2.05, 4.69) is 35.8 Å². The minimum atomic E-state index is -3.61. The van der Waals surface area contributed by atoms with Crippen LogP contribution in [0.15, 0.2) is 53.4 Å². The monoisotopic (exact) mass is 343 g/mol. The minimum absolute atomic E-state index is 0.246. The third-order valence-electron chi connectivity index (χ3n) is 3.07. The Morgan fingerprint density at radius 2 is 1.57 bits per heavy atom. The van der Waals surface area contributed by atoms with E-state index < -0.39 is 18.1 Å². The summed E-state index contributed by atoms with van der Waals surface area (Å²) in [5, 5.41) is 0. The van der Waals surface area contributed by atoms with Crippen LogP contribution in [0.25, 0.3) is 0 Å². The topological polar surface area (TPSA) is 46.2 Å². The van der Waals surface area contributed by atoms with E-state index in [0.717, 1.165) is 5.56 Å². The summed E-state index contributed by atoms with van der Waals surface area (Å²) >= 11 is 0. The highest BCUT2D eigenvalue weighted by atomic mass is 32.2. The Morgan fingerprint density at radius 1 is 0.957 bits per heavy atom. The van der Waals surface area contributed by atoms with E-state index in [1.807, 2.05) is 19.1 Å². The summed E-state index contributed by atoms with van der Waals surface area (Å²) in [6.45, 7) is 8.38. The molecule has 0 aromatic heterocycles. The number of anilines is 1. The van der Waals surface area contributed by atoms with Crippen molar-refractivity contribution in [3.05, 3.63) is 59.7 Å². The van der Waals surface area contributed by atoms with E-state index in [4.69, 9.17) is 0 Å². The molecule has 2 aromatic carbocycles. The zero-order valence-electron chi connectivity index (χ0n) is 13.8. The van der Waals surface area contributed by atoms with Crippen molar-refractivity contribution in [3.63, 3.8) is 0 Å². The summed E-state index contributed by atoms with van der Waals surface area (Å²) in [6, 6.07) is 14.0. The van der Waals surface area contributed by atoms with Gasteiger partial charge in [0.25, 0.3) is 10.0 Å². The number of aryl methyl sites for hydroxylation is 1. The highest BCUT2D eigenvalue weighted by molar-refractivity contribution is 7.92. The lowest BCUT2D eigenvalue weighted by atomic mass is 10.2. The van der Waals surface area contributed by atoms with Gasteiger partial charge in [-0.25, -0.2) is 8.42 Å². The van der Waals surface area contributed by atoms with Gasteiger partial charge in [0, 0.05) is 5.56 Å². The highest BCUT2D eigenvalue weighted by Gasteiger charge is 2.15. The predicted octanol–water partition coefficient (Wildman–Crippen LogP) is 4.02. The van der Waals surface area contributed by atoms with Gasteiger partial charge < -0.3 is 0 Å². The van der Waals surface area contributed by atoms with Crippen LogP contribution in [0.1, 0.15) is 11.1 Å². The van der Waals surface area contributed by atoms with Crippen LogP contribution in [-0.4, -0.2) is 16.5 Å². The van der Waals surface area contributed by atoms with Gasteiger partial charge in [-0.1, -0.05) is 55.4 Å². The van der Waals surface area contributed by atoms with E-state index in [1.54, 1.807) is 36.4 Å². The first-order chi connectivity index (χ1) is 10.7. The summed E-state index contributed by atoms with van der Waals surface area (Å²) in [5.41, 5.74) is 5.50. The molecule has 2 aromatic rings. The third-order valence-corrected chi connectivity index (χ3v) is 5.33. The van der Waals surface area contributed by atoms with E-state index in [-0.39, 0.29) is 4.90 Å². The van der Waals surface area contributed by atoms with Crippen molar-refractivity contribution in [1.82, 2.24) is 0 Å². The highest BCUT2D eigenvalue weighted by Crippen LogP contribution is 2.20. The molecule has 3 nitrogen and oxygen atoms in total. The second-order valence-corrected chi connectivity index (χ2v) is 12.9. The second-order valence-electron chi connectivity index (χ2n) is 6.46. The summed E-state index contributed by atoms with van der Waals surface area (Å²) < 4.78 is 27.7. The molecule has 0 unspecified atom stereocenters. The predicted molar refractivity (Wildman–Crippen MR) is 98.7 cm³/mol. The molecule has 0 heterocycles. The molecular formula is C18H21NO2SSi. The van der Waals surface area contributed by atoms with Gasteiger partial charge >= 0.3 is 0 Å². The molecule has 120 valence electrons. The third kappa shape index (κ3) is 4.98. The fraction of sp³-hybridized carbons (Fsp3) is 0.222. The Hall–Kier alpha value is -2.03. The fourth-order valence-electron chi connectivity index (χ4n) is 1.86. The van der Waals surface area contributed by atoms with Crippen molar-refractivity contribution in [2.45, 2.75) is 31.5 Å². The largest absolute Gasteiger partial charge is 0.278 e. The number of hydrogen-bond acceptors (Lipinski definition) is 2. The zero-order chi connectivity index (χ0) is 17.1. The van der Waals surface area contributed by atoms with Crippen LogP contribution >= 0.6 is 0 Å². The van der Waals surface area contributed by atoms with Crippen molar-refractivity contribution in [3.8, 4) is 11.5 Å². The summed E-state index contributed by atoms with van der Waals surface area (Å²) in [4.78, 5) is 0.246. The molecule has 5 heteroatoms. The van der Waals surface area contributed by atoms with Gasteiger partial charge in [0.1, 0.15) is 8.07 Å². The van der Waals surface area contributed by atoms with Crippen molar-refractivity contribution < 1.29 is 8.42 Å². The van der Waals surface area contributed by atoms with Crippen molar-refractivity contribution >= 4 is 23.8 Å². The minimum Gasteiger partial charge on any atom is -0.278 e. The first kappa shape index (κ1) is 17.3. The van der Waals surface area contributed by atoms with Gasteiger partial charge in [0.05, 0.1) is 10.6 Å². The van der Waals surface area contributed by atoms with E-state index in [9.17, 15) is 8.42 Å². The molecule has 1 N–H and O–H groups in total. The number of sulfonamides is 1. The normalized spacial score (nSPS) is 11.5. The Morgan fingerprint density at radius 3 is 2.17 bits per heavy atom. The molecule has 0 aliphatic rings. The van der Waals surface area contributed by atoms with E-state index >= 15 is 0 Å². The van der Waals surface area contributed by atoms with Crippen LogP contribution in [0.3, 0.4) is 0 Å². The molecular weight excluding hydrogens is 322 g/mol. The molecule has 0 amide bonds. The average molecular weight is 344 g/mol. The number of rotatable bonds is 3. The first-order valence-corrected chi connectivity index (χ1v) is 12.4. The van der Waals surface area contributed by atoms with Crippen LogP contribution in [0.2, 0.25) is 19.6 Å². The second kappa shape index (κ2) is 6.61. The zero-order valence-corrected chi connectivity index (χ0v) is 15.7. The molecule has 0 atom stereocenters. The number of nitrogens with one attached hydrogen (secondary N) is 1. The van der Waals surface area contributed by atoms with Crippen LogP contribution in [0.5, 0.6) is 0 Å². The van der Waals surface area contributed by atoms with E-state index in [0.29, 0.717) is 11.3 Å². The Bertz CT molecular complexity index is 854. The molecule has 0 bridgehead atoms. The molecule has 23 heavy (non-hydrogen) atoms. The first-order valence-electron chi connectivity index (χ1n) is 7.39. The Balaban J connectivity index is 2.36. The molecule has 0 radical (unpaired) electrons. The van der Waals surface area contributed by atoms with Crippen molar-refractivity contribution in [1.29, 1.82) is 0 Å². The summed E-state index contributed by atoms with van der Waals surface area (Å²) in [6.07, 6.45) is 0. The number of para-hydroxylation sites is 1. The molecule has 0 fully saturated rings. The molecule has 0 aliphatic heterocycles. The van der Waals surface area contributed by atoms with Gasteiger partial charge in [0.15, 0.2) is 0 Å². The number of benzene rings is 2. The lowest BCUT2D eigenvalue weighted by molar-refractivity contribution is 0.601. The van der Waals surface area contributed by atoms with Gasteiger partial charge in [-0.3, -0.25) is 4.72 Å². The molecule has 2 rings (SSSR count). The lowest BCUT2D eigenvalue weighted by Gasteiger charge is -2.10. The molecule has 0 saturated carbocycles. The maximum absolute atomic E-state index is 12.5. The Kier molecular flexibility index (Phi) is 4.98. The van der Waals surface area contributed by atoms with Crippen molar-refractivity contribution in [2.75, 3.05) is 4.72 Å². The van der Waals surface area contributed by atoms with Gasteiger partial charge in [-0.05, 0) is 31.2 Å². The van der Waals surface area contributed by atoms with Crippen LogP contribution in [0.4, 0.5) is 5.69 Å². The van der Waals surface area contributed by atoms with Crippen molar-refractivity contribution in [2.24, 2.45) is 0 Å². The maximum Gasteiger partial charge on any atom is 0.261 e. The smallest absolute Gasteiger partial charge is 0.261 e. The molecule has 0 aliphatic carbocycles. The maximum atomic E-state index is 12.5. The fourth-order valence-corrected chi connectivity index (χ4v) is 3.45. The van der Waals surface area contributed by atoms with Crippen LogP contribution in [0, 0.1) is 18.4 Å². The summed E-state index contributed by atoms with van der Waals surface area (Å²) in [5.74, 6) is 3.12. The Labute approximate surface area is 139 Å². The van der Waals surface area contributed by atoms with Gasteiger partial charge in [-0.2, -0.15) is 0 Å². The average Bonchev–Trinajstić information content (AvgIpc) is 2.45. The lowest BCUT2D eigenvalue weighted by Crippen LogP contribution is -2.17. The quantitative estimate of drug-likeness (QED) is 0.676. The van der Waals surface area contributed by atoms with Gasteiger partial charge in [0.2, 0.25) is 0 Å². The van der Waals surface area contributed by atoms with Crippen LogP contribution < -0.4 is 4.72 Å². The summed E-state index contributed by atoms with van der Waals surface area (Å²) in [7, 11) is -5.14. The number of hydrogen-bond donors (Lipinski definition) is 1. The molecule has 0 spiro atoms. The van der Waals surface area contributed by atoms with Crippen LogP contribution in [-0.2, 0) is 10.0 Å². The van der Waals surface area contributed by atoms with Gasteiger partial charge in [-0.15, -0.1) is 5.54 Å². The standard InChI is InChI=1S/C18H21NO2SSi/c1-15-9-11-17(12-10-15)22(20,21)19-18-8-6-5-7-16(18)13-14-23(2,3)4/h5-12,19H,1-4H3. The van der Waals surface area contributed by atoms with E-state index in [1.165, 1.54) is 0 Å².